The molecule has 0 aliphatic heterocycles. The van der Waals surface area contributed by atoms with Gasteiger partial charge in [0.15, 0.2) is 0 Å². The molecule has 1 unspecified atom stereocenters. The molecule has 5 heteroatoms. The molecule has 0 bridgehead atoms. The second-order valence-electron chi connectivity index (χ2n) is 3.27. The quantitative estimate of drug-likeness (QED) is 0.750. The lowest BCUT2D eigenvalue weighted by Gasteiger charge is -2.19. The lowest BCUT2D eigenvalue weighted by molar-refractivity contribution is -0.0350. The predicted octanol–water partition coefficient (Wildman–Crippen LogP) is 3.01. The van der Waals surface area contributed by atoms with Crippen molar-refractivity contribution < 1.29 is 8.78 Å². The first-order valence-corrected chi connectivity index (χ1v) is 4.97. The van der Waals surface area contributed by atoms with E-state index in [-0.39, 0.29) is 6.42 Å². The fourth-order valence-corrected chi connectivity index (χ4v) is 2.19. The van der Waals surface area contributed by atoms with Gasteiger partial charge in [-0.3, -0.25) is 0 Å². The Morgan fingerprint density at radius 1 is 1.62 bits per heavy atom. The minimum absolute atomic E-state index is 0.0238. The molecule has 1 atom stereocenters. The van der Waals surface area contributed by atoms with E-state index in [0.717, 1.165) is 0 Å². The highest BCUT2D eigenvalue weighted by molar-refractivity contribution is 9.10. The molecule has 0 spiro atoms. The Morgan fingerprint density at radius 3 is 2.85 bits per heavy atom. The topological polar surface area (TPSA) is 17.8 Å². The minimum Gasteiger partial charge on any atom is -0.249 e. The van der Waals surface area contributed by atoms with E-state index in [0.29, 0.717) is 17.4 Å². The van der Waals surface area contributed by atoms with E-state index in [2.05, 4.69) is 21.0 Å². The summed E-state index contributed by atoms with van der Waals surface area (Å²) in [5, 5.41) is 3.88. The van der Waals surface area contributed by atoms with Crippen molar-refractivity contribution in [1.82, 2.24) is 9.78 Å². The van der Waals surface area contributed by atoms with Crippen LogP contribution in [0.5, 0.6) is 0 Å². The van der Waals surface area contributed by atoms with Gasteiger partial charge >= 0.3 is 0 Å². The molecule has 2 rings (SSSR count). The molecule has 1 saturated carbocycles. The van der Waals surface area contributed by atoms with Crippen LogP contribution in [0.15, 0.2) is 16.9 Å². The molecule has 0 saturated heterocycles. The Balaban J connectivity index is 2.31. The van der Waals surface area contributed by atoms with Crippen LogP contribution in [-0.2, 0) is 0 Å². The molecule has 13 heavy (non-hydrogen) atoms. The zero-order chi connectivity index (χ0) is 9.47. The van der Waals surface area contributed by atoms with Gasteiger partial charge in [0, 0.05) is 6.42 Å². The summed E-state index contributed by atoms with van der Waals surface area (Å²) in [7, 11) is 0. The van der Waals surface area contributed by atoms with Crippen LogP contribution in [0.3, 0.4) is 0 Å². The number of halogens is 3. The van der Waals surface area contributed by atoms with Crippen LogP contribution in [0.4, 0.5) is 8.78 Å². The molecular formula is C8H9BrF2N2. The van der Waals surface area contributed by atoms with Crippen LogP contribution in [-0.4, -0.2) is 15.7 Å². The molecule has 1 heterocycles. The largest absolute Gasteiger partial charge is 0.270 e. The number of rotatable bonds is 1. The highest BCUT2D eigenvalue weighted by Crippen LogP contribution is 2.44. The normalized spacial score (nSPS) is 26.5. The third-order valence-corrected chi connectivity index (χ3v) is 3.02. The van der Waals surface area contributed by atoms with E-state index in [1.807, 2.05) is 0 Å². The SMILES string of the molecule is FC1(F)CCCC1n1nccc1Br. The molecule has 0 aromatic carbocycles. The summed E-state index contributed by atoms with van der Waals surface area (Å²) in [4.78, 5) is 0. The summed E-state index contributed by atoms with van der Waals surface area (Å²) in [5.74, 6) is -2.60. The summed E-state index contributed by atoms with van der Waals surface area (Å²) in [6.07, 6.45) is 2.58. The Morgan fingerprint density at radius 2 is 2.38 bits per heavy atom. The summed E-state index contributed by atoms with van der Waals surface area (Å²) in [6, 6.07) is 0.908. The van der Waals surface area contributed by atoms with Gasteiger partial charge < -0.3 is 0 Å². The van der Waals surface area contributed by atoms with Crippen molar-refractivity contribution in [3.05, 3.63) is 16.9 Å². The van der Waals surface area contributed by atoms with Crippen LogP contribution in [0, 0.1) is 0 Å². The van der Waals surface area contributed by atoms with Crippen LogP contribution in [0.25, 0.3) is 0 Å². The number of hydrogen-bond donors (Lipinski definition) is 0. The Bertz CT molecular complexity index is 311. The summed E-state index contributed by atoms with van der Waals surface area (Å²) in [5.41, 5.74) is 0. The van der Waals surface area contributed by atoms with Crippen molar-refractivity contribution in [3.63, 3.8) is 0 Å². The molecule has 1 fully saturated rings. The summed E-state index contributed by atoms with van der Waals surface area (Å²) >= 11 is 3.20. The Hall–Kier alpha value is -0.450. The number of nitrogens with zero attached hydrogens (tertiary/aromatic N) is 2. The van der Waals surface area contributed by atoms with E-state index in [9.17, 15) is 8.78 Å². The second-order valence-corrected chi connectivity index (χ2v) is 4.08. The number of alkyl halides is 2. The molecule has 2 nitrogen and oxygen atoms in total. The second kappa shape index (κ2) is 3.04. The van der Waals surface area contributed by atoms with Crippen molar-refractivity contribution in [3.8, 4) is 0 Å². The van der Waals surface area contributed by atoms with Crippen molar-refractivity contribution in [2.24, 2.45) is 0 Å². The fraction of sp³-hybridized carbons (Fsp3) is 0.625. The van der Waals surface area contributed by atoms with Gasteiger partial charge in [-0.2, -0.15) is 5.10 Å². The zero-order valence-corrected chi connectivity index (χ0v) is 8.47. The Kier molecular flexibility index (Phi) is 2.14. The smallest absolute Gasteiger partial charge is 0.249 e. The number of aromatic nitrogens is 2. The van der Waals surface area contributed by atoms with Crippen LogP contribution >= 0.6 is 15.9 Å². The van der Waals surface area contributed by atoms with E-state index >= 15 is 0 Å². The Labute approximate surface area is 83.1 Å². The van der Waals surface area contributed by atoms with Crippen molar-refractivity contribution in [1.29, 1.82) is 0 Å². The molecule has 0 amide bonds. The first-order valence-electron chi connectivity index (χ1n) is 4.18. The highest BCUT2D eigenvalue weighted by atomic mass is 79.9. The predicted molar refractivity (Wildman–Crippen MR) is 47.8 cm³/mol. The van der Waals surface area contributed by atoms with Gasteiger partial charge in [-0.15, -0.1) is 0 Å². The maximum absolute atomic E-state index is 13.3. The first-order chi connectivity index (χ1) is 6.11. The van der Waals surface area contributed by atoms with E-state index in [1.165, 1.54) is 10.9 Å². The van der Waals surface area contributed by atoms with Gasteiger partial charge in [0.2, 0.25) is 0 Å². The molecule has 0 radical (unpaired) electrons. The van der Waals surface area contributed by atoms with Crippen LogP contribution in [0.1, 0.15) is 25.3 Å². The van der Waals surface area contributed by atoms with Crippen molar-refractivity contribution in [2.75, 3.05) is 0 Å². The molecule has 1 aliphatic carbocycles. The van der Waals surface area contributed by atoms with E-state index < -0.39 is 12.0 Å². The van der Waals surface area contributed by atoms with Gasteiger partial charge in [-0.1, -0.05) is 0 Å². The molecular weight excluding hydrogens is 242 g/mol. The van der Waals surface area contributed by atoms with Gasteiger partial charge in [0.05, 0.1) is 6.20 Å². The lowest BCUT2D eigenvalue weighted by atomic mass is 10.2. The summed E-state index contributed by atoms with van der Waals surface area (Å²) in [6.45, 7) is 0. The number of hydrogen-bond acceptors (Lipinski definition) is 1. The van der Waals surface area contributed by atoms with E-state index in [4.69, 9.17) is 0 Å². The van der Waals surface area contributed by atoms with Gasteiger partial charge in [-0.05, 0) is 34.8 Å². The first kappa shape index (κ1) is 9.12. The van der Waals surface area contributed by atoms with Gasteiger partial charge in [0.1, 0.15) is 10.6 Å². The summed E-state index contributed by atoms with van der Waals surface area (Å²) < 4.78 is 28.5. The van der Waals surface area contributed by atoms with Gasteiger partial charge in [-0.25, -0.2) is 13.5 Å². The fourth-order valence-electron chi connectivity index (χ4n) is 1.74. The molecule has 1 aliphatic rings. The monoisotopic (exact) mass is 250 g/mol. The average molecular weight is 251 g/mol. The zero-order valence-electron chi connectivity index (χ0n) is 6.88. The van der Waals surface area contributed by atoms with Crippen LogP contribution < -0.4 is 0 Å². The lowest BCUT2D eigenvalue weighted by Crippen LogP contribution is -2.26. The maximum Gasteiger partial charge on any atom is 0.270 e. The average Bonchev–Trinajstić information content (AvgIpc) is 2.56. The van der Waals surface area contributed by atoms with Crippen LogP contribution in [0.2, 0.25) is 0 Å². The molecule has 72 valence electrons. The molecule has 1 aromatic heterocycles. The maximum atomic E-state index is 13.3. The standard InChI is InChI=1S/C8H9BrF2N2/c9-7-3-5-12-13(7)6-2-1-4-8(6,10)11/h3,5-6H,1-2,4H2. The van der Waals surface area contributed by atoms with Crippen molar-refractivity contribution in [2.45, 2.75) is 31.2 Å². The molecule has 0 N–H and O–H groups in total. The third kappa shape index (κ3) is 1.49. The third-order valence-electron chi connectivity index (χ3n) is 2.39. The van der Waals surface area contributed by atoms with Gasteiger partial charge in [0.25, 0.3) is 5.92 Å². The van der Waals surface area contributed by atoms with Crippen molar-refractivity contribution >= 4 is 15.9 Å². The molecule has 1 aromatic rings. The van der Waals surface area contributed by atoms with E-state index in [1.54, 1.807) is 6.07 Å². The highest BCUT2D eigenvalue weighted by Gasteiger charge is 2.45. The minimum atomic E-state index is -2.60.